The first-order valence-corrected chi connectivity index (χ1v) is 7.98. The van der Waals surface area contributed by atoms with E-state index >= 15 is 0 Å². The molecule has 1 aromatic heterocycles. The van der Waals surface area contributed by atoms with Gasteiger partial charge in [-0.25, -0.2) is 0 Å². The van der Waals surface area contributed by atoms with E-state index in [-0.39, 0.29) is 6.61 Å². The third-order valence-electron chi connectivity index (χ3n) is 3.13. The Kier molecular flexibility index (Phi) is 4.42. The van der Waals surface area contributed by atoms with Crippen molar-refractivity contribution in [1.82, 2.24) is 10.1 Å². The molecule has 2 aromatic carbocycles. The molecule has 0 atom stereocenters. The smallest absolute Gasteiger partial charge is 0.264 e. The highest BCUT2D eigenvalue weighted by atomic mass is 127. The fraction of sp³-hybridized carbons (Fsp3) is 0.176. The van der Waals surface area contributed by atoms with Crippen LogP contribution in [0.4, 0.5) is 0 Å². The molecule has 0 radical (unpaired) electrons. The molecule has 3 rings (SSSR count). The standard InChI is InChI=1S/C17H15IN2O2/c1-11-7-12(2)9-15(8-11)21-10-16-19-17(20-22-16)13-3-5-14(18)6-4-13/h3-9H,10H2,1-2H3. The minimum absolute atomic E-state index is 0.264. The van der Waals surface area contributed by atoms with Crippen LogP contribution < -0.4 is 4.74 Å². The summed E-state index contributed by atoms with van der Waals surface area (Å²) >= 11 is 2.26. The Balaban J connectivity index is 1.70. The second-order valence-electron chi connectivity index (χ2n) is 5.13. The molecule has 5 heteroatoms. The van der Waals surface area contributed by atoms with Gasteiger partial charge in [0.25, 0.3) is 5.89 Å². The topological polar surface area (TPSA) is 48.2 Å². The average molecular weight is 406 g/mol. The van der Waals surface area contributed by atoms with Crippen LogP contribution in [0.1, 0.15) is 17.0 Å². The fourth-order valence-electron chi connectivity index (χ4n) is 2.19. The second kappa shape index (κ2) is 6.48. The number of ether oxygens (including phenoxy) is 1. The van der Waals surface area contributed by atoms with E-state index in [0.717, 1.165) is 11.3 Å². The molecule has 112 valence electrons. The molecule has 0 aliphatic carbocycles. The lowest BCUT2D eigenvalue weighted by Crippen LogP contribution is -1.96. The zero-order valence-electron chi connectivity index (χ0n) is 12.3. The van der Waals surface area contributed by atoms with Crippen molar-refractivity contribution in [1.29, 1.82) is 0 Å². The van der Waals surface area contributed by atoms with Gasteiger partial charge in [0.2, 0.25) is 5.82 Å². The monoisotopic (exact) mass is 406 g/mol. The van der Waals surface area contributed by atoms with Gasteiger partial charge in [0.15, 0.2) is 6.61 Å². The Labute approximate surface area is 142 Å². The summed E-state index contributed by atoms with van der Waals surface area (Å²) in [6.45, 7) is 4.35. The van der Waals surface area contributed by atoms with Crippen LogP contribution in [0.3, 0.4) is 0 Å². The van der Waals surface area contributed by atoms with Gasteiger partial charge in [-0.1, -0.05) is 23.4 Å². The predicted molar refractivity (Wildman–Crippen MR) is 92.7 cm³/mol. The molecule has 0 fully saturated rings. The minimum atomic E-state index is 0.264. The quantitative estimate of drug-likeness (QED) is 0.598. The normalized spacial score (nSPS) is 10.7. The van der Waals surface area contributed by atoms with Crippen molar-refractivity contribution in [2.45, 2.75) is 20.5 Å². The molecular formula is C17H15IN2O2. The first-order valence-electron chi connectivity index (χ1n) is 6.90. The molecule has 0 aliphatic heterocycles. The Morgan fingerprint density at radius 3 is 2.41 bits per heavy atom. The molecule has 4 nitrogen and oxygen atoms in total. The lowest BCUT2D eigenvalue weighted by Gasteiger charge is -2.05. The van der Waals surface area contributed by atoms with Gasteiger partial charge in [-0.2, -0.15) is 4.98 Å². The highest BCUT2D eigenvalue weighted by molar-refractivity contribution is 14.1. The summed E-state index contributed by atoms with van der Waals surface area (Å²) in [6.07, 6.45) is 0. The van der Waals surface area contributed by atoms with Gasteiger partial charge < -0.3 is 9.26 Å². The molecule has 0 bridgehead atoms. The number of hydrogen-bond donors (Lipinski definition) is 0. The van der Waals surface area contributed by atoms with Crippen LogP contribution in [0.5, 0.6) is 5.75 Å². The Hall–Kier alpha value is -1.89. The molecule has 3 aromatic rings. The summed E-state index contributed by atoms with van der Waals surface area (Å²) in [4.78, 5) is 4.36. The summed E-state index contributed by atoms with van der Waals surface area (Å²) < 4.78 is 12.1. The number of hydrogen-bond acceptors (Lipinski definition) is 4. The predicted octanol–water partition coefficient (Wildman–Crippen LogP) is 4.54. The van der Waals surface area contributed by atoms with Crippen molar-refractivity contribution in [3.05, 3.63) is 63.1 Å². The minimum Gasteiger partial charge on any atom is -0.484 e. The first kappa shape index (κ1) is 15.0. The largest absolute Gasteiger partial charge is 0.484 e. The average Bonchev–Trinajstić information content (AvgIpc) is 2.94. The molecule has 1 heterocycles. The molecule has 0 aliphatic rings. The van der Waals surface area contributed by atoms with Gasteiger partial charge in [0.1, 0.15) is 5.75 Å². The summed E-state index contributed by atoms with van der Waals surface area (Å²) in [5, 5.41) is 3.99. The summed E-state index contributed by atoms with van der Waals surface area (Å²) in [5.74, 6) is 1.86. The maximum Gasteiger partial charge on any atom is 0.264 e. The second-order valence-corrected chi connectivity index (χ2v) is 6.38. The van der Waals surface area contributed by atoms with E-state index in [0.29, 0.717) is 11.7 Å². The summed E-state index contributed by atoms with van der Waals surface area (Å²) in [5.41, 5.74) is 3.27. The van der Waals surface area contributed by atoms with E-state index in [1.54, 1.807) is 0 Å². The van der Waals surface area contributed by atoms with Crippen LogP contribution in [0, 0.1) is 17.4 Å². The van der Waals surface area contributed by atoms with Crippen molar-refractivity contribution < 1.29 is 9.26 Å². The number of aromatic nitrogens is 2. The van der Waals surface area contributed by atoms with Crippen molar-refractivity contribution >= 4 is 22.6 Å². The summed E-state index contributed by atoms with van der Waals surface area (Å²) in [7, 11) is 0. The highest BCUT2D eigenvalue weighted by Gasteiger charge is 2.09. The van der Waals surface area contributed by atoms with E-state index in [2.05, 4.69) is 38.8 Å². The van der Waals surface area contributed by atoms with Crippen molar-refractivity contribution in [3.63, 3.8) is 0 Å². The molecule has 0 spiro atoms. The maximum atomic E-state index is 5.72. The number of halogens is 1. The Morgan fingerprint density at radius 2 is 1.73 bits per heavy atom. The van der Waals surface area contributed by atoms with Gasteiger partial charge in [-0.05, 0) is 71.8 Å². The van der Waals surface area contributed by atoms with Crippen molar-refractivity contribution in [2.24, 2.45) is 0 Å². The third-order valence-corrected chi connectivity index (χ3v) is 3.85. The number of benzene rings is 2. The molecule has 0 unspecified atom stereocenters. The molecular weight excluding hydrogens is 391 g/mol. The van der Waals surface area contributed by atoms with Crippen LogP contribution in [-0.2, 0) is 6.61 Å². The van der Waals surface area contributed by atoms with E-state index in [9.17, 15) is 0 Å². The van der Waals surface area contributed by atoms with Gasteiger partial charge in [0.05, 0.1) is 0 Å². The van der Waals surface area contributed by atoms with Crippen LogP contribution >= 0.6 is 22.6 Å². The van der Waals surface area contributed by atoms with Gasteiger partial charge in [0, 0.05) is 9.13 Å². The molecule has 0 saturated heterocycles. The highest BCUT2D eigenvalue weighted by Crippen LogP contribution is 2.20. The molecule has 22 heavy (non-hydrogen) atoms. The number of aryl methyl sites for hydroxylation is 2. The number of rotatable bonds is 4. The first-order chi connectivity index (χ1) is 10.6. The molecule has 0 N–H and O–H groups in total. The maximum absolute atomic E-state index is 5.72. The van der Waals surface area contributed by atoms with Crippen LogP contribution in [-0.4, -0.2) is 10.1 Å². The SMILES string of the molecule is Cc1cc(C)cc(OCc2nc(-c3ccc(I)cc3)no2)c1. The van der Waals surface area contributed by atoms with Crippen molar-refractivity contribution in [3.8, 4) is 17.1 Å². The zero-order valence-corrected chi connectivity index (χ0v) is 14.5. The lowest BCUT2D eigenvalue weighted by molar-refractivity contribution is 0.242. The fourth-order valence-corrected chi connectivity index (χ4v) is 2.55. The zero-order chi connectivity index (χ0) is 15.5. The van der Waals surface area contributed by atoms with Crippen LogP contribution in [0.15, 0.2) is 47.0 Å². The Morgan fingerprint density at radius 1 is 1.05 bits per heavy atom. The van der Waals surface area contributed by atoms with Crippen LogP contribution in [0.25, 0.3) is 11.4 Å². The van der Waals surface area contributed by atoms with E-state index in [4.69, 9.17) is 9.26 Å². The van der Waals surface area contributed by atoms with Gasteiger partial charge in [-0.3, -0.25) is 0 Å². The summed E-state index contributed by atoms with van der Waals surface area (Å²) in [6, 6.07) is 14.1. The van der Waals surface area contributed by atoms with Gasteiger partial charge >= 0.3 is 0 Å². The molecule has 0 saturated carbocycles. The number of nitrogens with zero attached hydrogens (tertiary/aromatic N) is 2. The lowest BCUT2D eigenvalue weighted by atomic mass is 10.1. The van der Waals surface area contributed by atoms with E-state index in [1.807, 2.05) is 50.2 Å². The van der Waals surface area contributed by atoms with Gasteiger partial charge in [-0.15, -0.1) is 0 Å². The van der Waals surface area contributed by atoms with Crippen molar-refractivity contribution in [2.75, 3.05) is 0 Å². The third kappa shape index (κ3) is 3.65. The van der Waals surface area contributed by atoms with E-state index in [1.165, 1.54) is 14.7 Å². The van der Waals surface area contributed by atoms with E-state index < -0.39 is 0 Å². The van der Waals surface area contributed by atoms with Crippen LogP contribution in [0.2, 0.25) is 0 Å². The Bertz CT molecular complexity index is 761. The molecule has 0 amide bonds.